The van der Waals surface area contributed by atoms with Crippen LogP contribution in [-0.4, -0.2) is 45.0 Å². The van der Waals surface area contributed by atoms with Gasteiger partial charge in [-0.3, -0.25) is 9.78 Å². The smallest absolute Gasteiger partial charge is 0.325 e. The van der Waals surface area contributed by atoms with Gasteiger partial charge in [-0.25, -0.2) is 9.78 Å². The molecule has 4 rings (SSSR count). The minimum atomic E-state index is -0.297. The molecule has 0 bridgehead atoms. The van der Waals surface area contributed by atoms with Crippen LogP contribution in [-0.2, 0) is 16.1 Å². The number of carbonyl (C=O) groups excluding carboxylic acids is 1. The fraction of sp³-hybridized carbons (Fsp3) is 0.235. The predicted octanol–water partition coefficient (Wildman–Crippen LogP) is 1.75. The van der Waals surface area contributed by atoms with Gasteiger partial charge in [0.05, 0.1) is 18.2 Å². The Morgan fingerprint density at radius 2 is 2.32 bits per heavy atom. The summed E-state index contributed by atoms with van der Waals surface area (Å²) in [5.41, 5.74) is 1.57. The molecule has 1 aliphatic heterocycles. The van der Waals surface area contributed by atoms with E-state index in [1.165, 1.54) is 11.0 Å². The molecule has 2 N–H and O–H groups in total. The Morgan fingerprint density at radius 1 is 1.44 bits per heavy atom. The average molecular weight is 356 g/mol. The third-order valence-corrected chi connectivity index (χ3v) is 4.86. The van der Waals surface area contributed by atoms with Crippen molar-refractivity contribution in [2.24, 2.45) is 0 Å². The van der Waals surface area contributed by atoms with E-state index in [4.69, 9.17) is 4.74 Å². The largest absolute Gasteiger partial charge is 0.369 e. The first-order valence-electron chi connectivity index (χ1n) is 7.86. The van der Waals surface area contributed by atoms with Crippen molar-refractivity contribution in [3.8, 4) is 0 Å². The van der Waals surface area contributed by atoms with Crippen LogP contribution in [0.1, 0.15) is 10.4 Å². The van der Waals surface area contributed by atoms with Gasteiger partial charge < -0.3 is 14.6 Å². The quantitative estimate of drug-likeness (QED) is 0.682. The van der Waals surface area contributed by atoms with E-state index in [1.807, 2.05) is 17.5 Å². The fourth-order valence-corrected chi connectivity index (χ4v) is 3.24. The molecule has 1 fully saturated rings. The molecule has 0 unspecified atom stereocenters. The number of nitrogens with zero attached hydrogens (tertiary/aromatic N) is 2. The normalized spacial score (nSPS) is 15.1. The molecule has 0 atom stereocenters. The van der Waals surface area contributed by atoms with Crippen molar-refractivity contribution < 1.29 is 9.53 Å². The second-order valence-electron chi connectivity index (χ2n) is 5.83. The van der Waals surface area contributed by atoms with Crippen molar-refractivity contribution in [2.45, 2.75) is 12.7 Å². The lowest BCUT2D eigenvalue weighted by Gasteiger charge is -2.38. The number of ether oxygens (including phenoxy) is 1. The minimum absolute atomic E-state index is 0.0568. The molecule has 128 valence electrons. The van der Waals surface area contributed by atoms with E-state index in [0.29, 0.717) is 30.9 Å². The van der Waals surface area contributed by atoms with Crippen molar-refractivity contribution in [1.82, 2.24) is 19.9 Å². The first-order valence-corrected chi connectivity index (χ1v) is 8.74. The fourth-order valence-electron chi connectivity index (χ4n) is 2.62. The van der Waals surface area contributed by atoms with Gasteiger partial charge in [0.1, 0.15) is 0 Å². The average Bonchev–Trinajstić information content (AvgIpc) is 3.19. The zero-order valence-electron chi connectivity index (χ0n) is 13.3. The Bertz CT molecular complexity index is 967. The lowest BCUT2D eigenvalue weighted by Crippen LogP contribution is -2.54. The summed E-state index contributed by atoms with van der Waals surface area (Å²) >= 11 is 1.67. The first kappa shape index (κ1) is 15.8. The molecule has 1 aliphatic rings. The van der Waals surface area contributed by atoms with E-state index < -0.39 is 0 Å². The molecule has 4 heterocycles. The molecule has 0 aromatic carbocycles. The van der Waals surface area contributed by atoms with Crippen molar-refractivity contribution in [3.05, 3.63) is 56.8 Å². The Hall–Kier alpha value is -2.71. The summed E-state index contributed by atoms with van der Waals surface area (Å²) in [6, 6.07) is 5.81. The number of H-pyrrole nitrogens is 2. The van der Waals surface area contributed by atoms with Crippen LogP contribution in [0.15, 0.2) is 40.6 Å². The molecule has 1 amide bonds. The number of likely N-dealkylation sites (tertiary alicyclic amines) is 1. The summed E-state index contributed by atoms with van der Waals surface area (Å²) in [5.74, 6) is -0.0568. The molecule has 0 saturated carbocycles. The molecule has 0 aliphatic carbocycles. The summed E-state index contributed by atoms with van der Waals surface area (Å²) in [6.07, 6.45) is 4.92. The van der Waals surface area contributed by atoms with Crippen LogP contribution in [0, 0.1) is 0 Å². The summed E-state index contributed by atoms with van der Waals surface area (Å²) in [7, 11) is 0. The van der Waals surface area contributed by atoms with Gasteiger partial charge in [-0.2, -0.15) is 0 Å². The van der Waals surface area contributed by atoms with Gasteiger partial charge in [0.25, 0.3) is 0 Å². The van der Waals surface area contributed by atoms with Crippen molar-refractivity contribution in [3.63, 3.8) is 0 Å². The van der Waals surface area contributed by atoms with Gasteiger partial charge in [0, 0.05) is 30.2 Å². The topological polar surface area (TPSA) is 91.1 Å². The second-order valence-corrected chi connectivity index (χ2v) is 6.87. The third kappa shape index (κ3) is 3.54. The summed E-state index contributed by atoms with van der Waals surface area (Å²) in [5, 5.41) is 2.02. The van der Waals surface area contributed by atoms with Crippen LogP contribution >= 0.6 is 11.3 Å². The maximum atomic E-state index is 12.1. The van der Waals surface area contributed by atoms with Crippen LogP contribution in [0.2, 0.25) is 0 Å². The van der Waals surface area contributed by atoms with Crippen molar-refractivity contribution in [1.29, 1.82) is 0 Å². The SMILES string of the molecule is O=C(/C=C/c1cnc2[nH]c(=O)[nH]c2c1)N1CC(OCc2cccs2)C1. The molecule has 0 radical (unpaired) electrons. The number of imidazole rings is 1. The third-order valence-electron chi connectivity index (χ3n) is 4.01. The highest BCUT2D eigenvalue weighted by atomic mass is 32.1. The number of fused-ring (bicyclic) bond motifs is 1. The summed E-state index contributed by atoms with van der Waals surface area (Å²) in [6.45, 7) is 1.81. The van der Waals surface area contributed by atoms with Gasteiger partial charge in [-0.15, -0.1) is 11.3 Å². The Morgan fingerprint density at radius 3 is 3.12 bits per heavy atom. The van der Waals surface area contributed by atoms with Crippen LogP contribution in [0.4, 0.5) is 0 Å². The number of nitrogens with one attached hydrogen (secondary N) is 2. The number of hydrogen-bond donors (Lipinski definition) is 2. The van der Waals surface area contributed by atoms with Gasteiger partial charge in [-0.1, -0.05) is 6.07 Å². The number of aromatic amines is 2. The monoisotopic (exact) mass is 356 g/mol. The van der Waals surface area contributed by atoms with E-state index in [-0.39, 0.29) is 17.7 Å². The molecule has 3 aromatic rings. The highest BCUT2D eigenvalue weighted by molar-refractivity contribution is 7.09. The molecule has 0 spiro atoms. The zero-order valence-corrected chi connectivity index (χ0v) is 14.1. The van der Waals surface area contributed by atoms with Crippen LogP contribution in [0.5, 0.6) is 0 Å². The highest BCUT2D eigenvalue weighted by Gasteiger charge is 2.30. The highest BCUT2D eigenvalue weighted by Crippen LogP contribution is 2.17. The minimum Gasteiger partial charge on any atom is -0.369 e. The van der Waals surface area contributed by atoms with Crippen LogP contribution in [0.3, 0.4) is 0 Å². The standard InChI is InChI=1S/C17H16N4O3S/c22-15(21-8-12(9-21)24-10-13-2-1-5-25-13)4-3-11-6-14-16(18-7-11)20-17(23)19-14/h1-7,12H,8-10H2,(H2,18,19,20,23)/b4-3+. The van der Waals surface area contributed by atoms with Crippen LogP contribution in [0.25, 0.3) is 17.2 Å². The van der Waals surface area contributed by atoms with Gasteiger partial charge in [0.15, 0.2) is 5.65 Å². The first-order chi connectivity index (χ1) is 12.2. The lowest BCUT2D eigenvalue weighted by atomic mass is 10.1. The lowest BCUT2D eigenvalue weighted by molar-refractivity contribution is -0.140. The van der Waals surface area contributed by atoms with E-state index in [2.05, 4.69) is 15.0 Å². The number of pyridine rings is 1. The number of thiophene rings is 1. The number of carbonyl (C=O) groups is 1. The Kier molecular flexibility index (Phi) is 4.21. The number of hydrogen-bond acceptors (Lipinski definition) is 5. The molecule has 7 nitrogen and oxygen atoms in total. The van der Waals surface area contributed by atoms with Gasteiger partial charge >= 0.3 is 5.69 Å². The second kappa shape index (κ2) is 6.66. The van der Waals surface area contributed by atoms with E-state index >= 15 is 0 Å². The van der Waals surface area contributed by atoms with Crippen molar-refractivity contribution >= 4 is 34.5 Å². The molecule has 25 heavy (non-hydrogen) atoms. The van der Waals surface area contributed by atoms with E-state index in [1.54, 1.807) is 34.6 Å². The maximum absolute atomic E-state index is 12.1. The molecular weight excluding hydrogens is 340 g/mol. The molecule has 3 aromatic heterocycles. The van der Waals surface area contributed by atoms with Gasteiger partial charge in [-0.05, 0) is 29.2 Å². The molecular formula is C17H16N4O3S. The Labute approximate surface area is 147 Å². The Balaban J connectivity index is 1.29. The number of amides is 1. The van der Waals surface area contributed by atoms with E-state index in [9.17, 15) is 9.59 Å². The summed E-state index contributed by atoms with van der Waals surface area (Å²) < 4.78 is 5.76. The number of aromatic nitrogens is 3. The summed E-state index contributed by atoms with van der Waals surface area (Å²) in [4.78, 5) is 35.7. The maximum Gasteiger partial charge on any atom is 0.325 e. The van der Waals surface area contributed by atoms with Gasteiger partial charge in [0.2, 0.25) is 5.91 Å². The molecule has 8 heteroatoms. The van der Waals surface area contributed by atoms with E-state index in [0.717, 1.165) is 5.56 Å². The van der Waals surface area contributed by atoms with Crippen LogP contribution < -0.4 is 5.69 Å². The molecule has 1 saturated heterocycles. The number of rotatable bonds is 5. The van der Waals surface area contributed by atoms with Crippen molar-refractivity contribution in [2.75, 3.05) is 13.1 Å². The zero-order chi connectivity index (χ0) is 17.2. The predicted molar refractivity (Wildman–Crippen MR) is 95.2 cm³/mol.